The number of imidazole rings is 1. The largest absolute Gasteiger partial charge is 0.342 e. The molecule has 1 aromatic heterocycles. The van der Waals surface area contributed by atoms with Gasteiger partial charge in [-0.15, -0.1) is 0 Å². The van der Waals surface area contributed by atoms with Crippen molar-refractivity contribution in [3.8, 4) is 0 Å². The van der Waals surface area contributed by atoms with Crippen LogP contribution in [0.4, 0.5) is 0 Å². The van der Waals surface area contributed by atoms with Crippen LogP contribution in [0.25, 0.3) is 11.0 Å². The number of hydrogen-bond acceptors (Lipinski definition) is 2. The summed E-state index contributed by atoms with van der Waals surface area (Å²) in [5.74, 6) is 1.82. The first-order chi connectivity index (χ1) is 9.74. The van der Waals surface area contributed by atoms with E-state index < -0.39 is 0 Å². The van der Waals surface area contributed by atoms with Gasteiger partial charge in [-0.05, 0) is 38.8 Å². The molecule has 2 aromatic rings. The van der Waals surface area contributed by atoms with Crippen molar-refractivity contribution in [3.05, 3.63) is 30.1 Å². The number of hydrogen-bond donors (Lipinski definition) is 0. The fourth-order valence-electron chi connectivity index (χ4n) is 2.73. The lowest BCUT2D eigenvalue weighted by atomic mass is 10.3. The summed E-state index contributed by atoms with van der Waals surface area (Å²) < 4.78 is 2.12. The normalized spacial score (nSPS) is 14.7. The first-order valence-electron chi connectivity index (χ1n) is 7.47. The molecule has 0 aliphatic heterocycles. The van der Waals surface area contributed by atoms with Gasteiger partial charge in [0, 0.05) is 19.0 Å². The Balaban J connectivity index is 1.96. The van der Waals surface area contributed by atoms with Crippen molar-refractivity contribution in [2.75, 3.05) is 13.1 Å². The summed E-state index contributed by atoms with van der Waals surface area (Å²) in [7, 11) is 0. The summed E-state index contributed by atoms with van der Waals surface area (Å²) in [6.07, 6.45) is 2.39. The minimum atomic E-state index is 0.181. The zero-order valence-corrected chi connectivity index (χ0v) is 12.2. The van der Waals surface area contributed by atoms with Gasteiger partial charge in [0.1, 0.15) is 12.4 Å². The number of nitrogens with zero attached hydrogens (tertiary/aromatic N) is 3. The number of rotatable bonds is 5. The molecule has 0 bridgehead atoms. The van der Waals surface area contributed by atoms with Gasteiger partial charge in [-0.2, -0.15) is 0 Å². The minimum absolute atomic E-state index is 0.181. The van der Waals surface area contributed by atoms with E-state index in [0.717, 1.165) is 29.9 Å². The van der Waals surface area contributed by atoms with Crippen LogP contribution in [0.3, 0.4) is 0 Å². The van der Waals surface area contributed by atoms with Gasteiger partial charge in [0.15, 0.2) is 0 Å². The van der Waals surface area contributed by atoms with Gasteiger partial charge in [-0.1, -0.05) is 12.1 Å². The summed E-state index contributed by atoms with van der Waals surface area (Å²) in [6.45, 7) is 5.99. The molecule has 1 aliphatic rings. The number of carbonyl (C=O) groups is 1. The molecule has 20 heavy (non-hydrogen) atoms. The molecule has 4 heteroatoms. The third-order valence-corrected chi connectivity index (χ3v) is 4.04. The van der Waals surface area contributed by atoms with Crippen molar-refractivity contribution in [1.29, 1.82) is 0 Å². The molecule has 0 N–H and O–H groups in total. The molecule has 4 nitrogen and oxygen atoms in total. The molecule has 1 heterocycles. The van der Waals surface area contributed by atoms with E-state index in [0.29, 0.717) is 12.5 Å². The number of benzene rings is 1. The summed E-state index contributed by atoms with van der Waals surface area (Å²) in [4.78, 5) is 19.0. The van der Waals surface area contributed by atoms with Gasteiger partial charge >= 0.3 is 0 Å². The van der Waals surface area contributed by atoms with Crippen LogP contribution in [0.5, 0.6) is 0 Å². The molecule has 0 unspecified atom stereocenters. The highest BCUT2D eigenvalue weighted by molar-refractivity contribution is 5.81. The zero-order chi connectivity index (χ0) is 14.1. The maximum Gasteiger partial charge on any atom is 0.242 e. The number of para-hydroxylation sites is 2. The molecule has 1 fully saturated rings. The monoisotopic (exact) mass is 271 g/mol. The van der Waals surface area contributed by atoms with E-state index in [1.165, 1.54) is 12.8 Å². The van der Waals surface area contributed by atoms with Crippen LogP contribution in [0.15, 0.2) is 24.3 Å². The Hall–Kier alpha value is -1.84. The van der Waals surface area contributed by atoms with Crippen molar-refractivity contribution >= 4 is 16.9 Å². The molecule has 0 radical (unpaired) electrons. The predicted octanol–water partition coefficient (Wildman–Crippen LogP) is 2.78. The minimum Gasteiger partial charge on any atom is -0.342 e. The topological polar surface area (TPSA) is 38.1 Å². The van der Waals surface area contributed by atoms with Crippen molar-refractivity contribution < 1.29 is 4.79 Å². The Morgan fingerprint density at radius 1 is 1.30 bits per heavy atom. The van der Waals surface area contributed by atoms with Crippen LogP contribution in [0, 0.1) is 0 Å². The Morgan fingerprint density at radius 3 is 2.65 bits per heavy atom. The van der Waals surface area contributed by atoms with Crippen molar-refractivity contribution in [1.82, 2.24) is 14.5 Å². The fourth-order valence-corrected chi connectivity index (χ4v) is 2.73. The second kappa shape index (κ2) is 5.27. The van der Waals surface area contributed by atoms with Crippen LogP contribution in [0.2, 0.25) is 0 Å². The van der Waals surface area contributed by atoms with Crippen LogP contribution >= 0.6 is 0 Å². The van der Waals surface area contributed by atoms with E-state index in [9.17, 15) is 4.79 Å². The third-order valence-electron chi connectivity index (χ3n) is 4.04. The van der Waals surface area contributed by atoms with Crippen LogP contribution in [-0.4, -0.2) is 33.4 Å². The van der Waals surface area contributed by atoms with E-state index in [1.807, 2.05) is 36.9 Å². The van der Waals surface area contributed by atoms with Gasteiger partial charge in [0.25, 0.3) is 0 Å². The number of carbonyl (C=O) groups excluding carboxylic acids is 1. The van der Waals surface area contributed by atoms with Crippen LogP contribution in [-0.2, 0) is 11.3 Å². The Labute approximate surface area is 119 Å². The van der Waals surface area contributed by atoms with Crippen molar-refractivity contribution in [2.24, 2.45) is 0 Å². The van der Waals surface area contributed by atoms with Crippen molar-refractivity contribution in [3.63, 3.8) is 0 Å². The average molecular weight is 271 g/mol. The van der Waals surface area contributed by atoms with Gasteiger partial charge < -0.3 is 9.47 Å². The first-order valence-corrected chi connectivity index (χ1v) is 7.47. The van der Waals surface area contributed by atoms with E-state index in [1.54, 1.807) is 0 Å². The quantitative estimate of drug-likeness (QED) is 0.838. The lowest BCUT2D eigenvalue weighted by Crippen LogP contribution is -2.33. The average Bonchev–Trinajstić information content (AvgIpc) is 3.24. The van der Waals surface area contributed by atoms with Gasteiger partial charge in [0.2, 0.25) is 5.91 Å². The number of amides is 1. The van der Waals surface area contributed by atoms with E-state index >= 15 is 0 Å². The Morgan fingerprint density at radius 2 is 2.00 bits per heavy atom. The molecule has 0 atom stereocenters. The number of likely N-dealkylation sites (N-methyl/N-ethyl adjacent to an activating group) is 1. The Kier molecular flexibility index (Phi) is 3.47. The lowest BCUT2D eigenvalue weighted by Gasteiger charge is -2.19. The molecule has 1 amide bonds. The third kappa shape index (κ3) is 2.30. The van der Waals surface area contributed by atoms with Gasteiger partial charge in [-0.3, -0.25) is 4.79 Å². The summed E-state index contributed by atoms with van der Waals surface area (Å²) in [6, 6.07) is 8.10. The number of aromatic nitrogens is 2. The van der Waals surface area contributed by atoms with E-state index in [4.69, 9.17) is 4.98 Å². The molecule has 0 saturated heterocycles. The summed E-state index contributed by atoms with van der Waals surface area (Å²) >= 11 is 0. The van der Waals surface area contributed by atoms with E-state index in [-0.39, 0.29) is 5.91 Å². The molecular weight excluding hydrogens is 250 g/mol. The molecule has 1 saturated carbocycles. The lowest BCUT2D eigenvalue weighted by molar-refractivity contribution is -0.131. The molecule has 1 aliphatic carbocycles. The van der Waals surface area contributed by atoms with Gasteiger partial charge in [0.05, 0.1) is 11.0 Å². The fraction of sp³-hybridized carbons (Fsp3) is 0.500. The standard InChI is InChI=1S/C16H21N3O/c1-3-18(4-2)15(20)11-19-14-8-6-5-7-13(14)17-16(19)12-9-10-12/h5-8,12H,3-4,9-11H2,1-2H3. The second-order valence-electron chi connectivity index (χ2n) is 5.39. The predicted molar refractivity (Wildman–Crippen MR) is 79.6 cm³/mol. The first kappa shape index (κ1) is 13.2. The molecule has 0 spiro atoms. The maximum absolute atomic E-state index is 12.4. The maximum atomic E-state index is 12.4. The van der Waals surface area contributed by atoms with E-state index in [2.05, 4.69) is 10.6 Å². The highest BCUT2D eigenvalue weighted by Gasteiger charge is 2.30. The summed E-state index contributed by atoms with van der Waals surface area (Å²) in [5, 5.41) is 0. The molecule has 3 rings (SSSR count). The Bertz CT molecular complexity index is 624. The molecular formula is C16H21N3O. The second-order valence-corrected chi connectivity index (χ2v) is 5.39. The molecule has 106 valence electrons. The number of fused-ring (bicyclic) bond motifs is 1. The highest BCUT2D eigenvalue weighted by Crippen LogP contribution is 2.40. The zero-order valence-electron chi connectivity index (χ0n) is 12.2. The highest BCUT2D eigenvalue weighted by atomic mass is 16.2. The SMILES string of the molecule is CCN(CC)C(=O)Cn1c(C2CC2)nc2ccccc21. The smallest absolute Gasteiger partial charge is 0.242 e. The summed E-state index contributed by atoms with van der Waals surface area (Å²) in [5.41, 5.74) is 2.08. The van der Waals surface area contributed by atoms with Crippen molar-refractivity contribution in [2.45, 2.75) is 39.2 Å². The van der Waals surface area contributed by atoms with Crippen LogP contribution in [0.1, 0.15) is 38.4 Å². The van der Waals surface area contributed by atoms with Gasteiger partial charge in [-0.25, -0.2) is 4.98 Å². The molecule has 1 aromatic carbocycles. The van der Waals surface area contributed by atoms with Crippen LogP contribution < -0.4 is 0 Å².